The molecule has 0 saturated carbocycles. The topological polar surface area (TPSA) is 71.2 Å². The fourth-order valence-electron chi connectivity index (χ4n) is 1.76. The van der Waals surface area contributed by atoms with Crippen LogP contribution in [0.25, 0.3) is 0 Å². The van der Waals surface area contributed by atoms with Crippen LogP contribution in [0.5, 0.6) is 0 Å². The largest absolute Gasteiger partial charge is 0.397 e. The fraction of sp³-hybridized carbons (Fsp3) is 0.615. The minimum absolute atomic E-state index is 0.0677. The van der Waals surface area contributed by atoms with Crippen LogP contribution in [0.4, 0.5) is 11.5 Å². The minimum atomic E-state index is 0.0677. The smallest absolute Gasteiger partial charge is 0.129 e. The summed E-state index contributed by atoms with van der Waals surface area (Å²) in [6.07, 6.45) is 2.35. The standard InChI is InChI=1S/C13H23N3O/c1-9-7-10(14)8-15-12(9)16-11(5-6-17)13(2,3)4/h7-8,11,17H,5-6,14H2,1-4H3,(H,15,16). The fourth-order valence-corrected chi connectivity index (χ4v) is 1.76. The van der Waals surface area contributed by atoms with Crippen molar-refractivity contribution in [1.82, 2.24) is 4.98 Å². The molecule has 1 rings (SSSR count). The molecule has 0 aliphatic rings. The number of hydrogen-bond acceptors (Lipinski definition) is 4. The Morgan fingerprint density at radius 1 is 1.47 bits per heavy atom. The molecular formula is C13H23N3O. The predicted molar refractivity (Wildman–Crippen MR) is 72.0 cm³/mol. The Morgan fingerprint density at radius 2 is 2.12 bits per heavy atom. The molecule has 4 heteroatoms. The molecule has 0 aromatic carbocycles. The summed E-state index contributed by atoms with van der Waals surface area (Å²) in [5, 5.41) is 12.5. The van der Waals surface area contributed by atoms with Crippen molar-refractivity contribution in [2.75, 3.05) is 17.7 Å². The van der Waals surface area contributed by atoms with E-state index in [0.29, 0.717) is 12.1 Å². The summed E-state index contributed by atoms with van der Waals surface area (Å²) in [5.74, 6) is 0.840. The summed E-state index contributed by atoms with van der Waals surface area (Å²) < 4.78 is 0. The first-order valence-electron chi connectivity index (χ1n) is 5.94. The Hall–Kier alpha value is -1.29. The zero-order valence-corrected chi connectivity index (χ0v) is 11.1. The van der Waals surface area contributed by atoms with Gasteiger partial charge in [0.25, 0.3) is 0 Å². The second-order valence-corrected chi connectivity index (χ2v) is 5.51. The van der Waals surface area contributed by atoms with Crippen LogP contribution < -0.4 is 11.1 Å². The first-order chi connectivity index (χ1) is 7.84. The van der Waals surface area contributed by atoms with E-state index in [2.05, 4.69) is 31.1 Å². The molecule has 1 unspecified atom stereocenters. The Balaban J connectivity index is 2.86. The molecule has 1 heterocycles. The van der Waals surface area contributed by atoms with Crippen LogP contribution >= 0.6 is 0 Å². The summed E-state index contributed by atoms with van der Waals surface area (Å²) in [6.45, 7) is 8.58. The Labute approximate surface area is 103 Å². The van der Waals surface area contributed by atoms with Crippen molar-refractivity contribution < 1.29 is 5.11 Å². The van der Waals surface area contributed by atoms with Gasteiger partial charge in [-0.2, -0.15) is 0 Å². The van der Waals surface area contributed by atoms with Gasteiger partial charge in [-0.3, -0.25) is 0 Å². The minimum Gasteiger partial charge on any atom is -0.397 e. The molecule has 0 spiro atoms. The third-order valence-corrected chi connectivity index (χ3v) is 2.87. The highest BCUT2D eigenvalue weighted by atomic mass is 16.3. The van der Waals surface area contributed by atoms with Gasteiger partial charge in [0, 0.05) is 12.6 Å². The summed E-state index contributed by atoms with van der Waals surface area (Å²) in [7, 11) is 0. The van der Waals surface area contributed by atoms with Gasteiger partial charge in [-0.25, -0.2) is 4.98 Å². The van der Waals surface area contributed by atoms with Crippen molar-refractivity contribution in [1.29, 1.82) is 0 Å². The van der Waals surface area contributed by atoms with Crippen LogP contribution in [-0.4, -0.2) is 22.7 Å². The van der Waals surface area contributed by atoms with E-state index in [4.69, 9.17) is 10.8 Å². The summed E-state index contributed by atoms with van der Waals surface area (Å²) in [5.41, 5.74) is 7.43. The van der Waals surface area contributed by atoms with Gasteiger partial charge >= 0.3 is 0 Å². The van der Waals surface area contributed by atoms with E-state index in [1.54, 1.807) is 6.20 Å². The Kier molecular flexibility index (Phi) is 4.34. The number of anilines is 2. The van der Waals surface area contributed by atoms with Crippen LogP contribution in [0.1, 0.15) is 32.8 Å². The first-order valence-corrected chi connectivity index (χ1v) is 5.94. The van der Waals surface area contributed by atoms with Gasteiger partial charge < -0.3 is 16.2 Å². The molecule has 96 valence electrons. The van der Waals surface area contributed by atoms with Gasteiger partial charge in [0.05, 0.1) is 11.9 Å². The number of pyridine rings is 1. The maximum absolute atomic E-state index is 9.11. The van der Waals surface area contributed by atoms with E-state index in [0.717, 1.165) is 11.4 Å². The second kappa shape index (κ2) is 5.36. The van der Waals surface area contributed by atoms with Crippen LogP contribution in [0.15, 0.2) is 12.3 Å². The van der Waals surface area contributed by atoms with E-state index in [1.165, 1.54) is 0 Å². The van der Waals surface area contributed by atoms with Crippen LogP contribution in [0.3, 0.4) is 0 Å². The lowest BCUT2D eigenvalue weighted by molar-refractivity contribution is 0.235. The highest BCUT2D eigenvalue weighted by molar-refractivity contribution is 5.51. The quantitative estimate of drug-likeness (QED) is 0.750. The molecule has 4 nitrogen and oxygen atoms in total. The maximum atomic E-state index is 9.11. The van der Waals surface area contributed by atoms with Gasteiger partial charge in [0.1, 0.15) is 5.82 Å². The average Bonchev–Trinajstić information content (AvgIpc) is 2.19. The molecule has 4 N–H and O–H groups in total. The number of nitrogens with one attached hydrogen (secondary N) is 1. The lowest BCUT2D eigenvalue weighted by Crippen LogP contribution is -2.35. The number of rotatable bonds is 4. The molecule has 17 heavy (non-hydrogen) atoms. The third-order valence-electron chi connectivity index (χ3n) is 2.87. The lowest BCUT2D eigenvalue weighted by Gasteiger charge is -2.32. The van der Waals surface area contributed by atoms with E-state index < -0.39 is 0 Å². The summed E-state index contributed by atoms with van der Waals surface area (Å²) >= 11 is 0. The molecule has 0 radical (unpaired) electrons. The highest BCUT2D eigenvalue weighted by Gasteiger charge is 2.24. The maximum Gasteiger partial charge on any atom is 0.129 e. The van der Waals surface area contributed by atoms with Crippen LogP contribution in [0, 0.1) is 12.3 Å². The van der Waals surface area contributed by atoms with E-state index in [9.17, 15) is 0 Å². The molecule has 0 saturated heterocycles. The molecule has 0 amide bonds. The second-order valence-electron chi connectivity index (χ2n) is 5.51. The van der Waals surface area contributed by atoms with Crippen molar-refractivity contribution >= 4 is 11.5 Å². The SMILES string of the molecule is Cc1cc(N)cnc1NC(CCO)C(C)(C)C. The number of aliphatic hydroxyl groups is 1. The monoisotopic (exact) mass is 237 g/mol. The number of aliphatic hydroxyl groups excluding tert-OH is 1. The van der Waals surface area contributed by atoms with Crippen molar-refractivity contribution in [3.8, 4) is 0 Å². The van der Waals surface area contributed by atoms with Crippen molar-refractivity contribution in [2.24, 2.45) is 5.41 Å². The van der Waals surface area contributed by atoms with E-state index >= 15 is 0 Å². The normalized spacial score (nSPS) is 13.5. The highest BCUT2D eigenvalue weighted by Crippen LogP contribution is 2.26. The number of aryl methyl sites for hydroxylation is 1. The Bertz CT molecular complexity index is 371. The Morgan fingerprint density at radius 3 is 2.59 bits per heavy atom. The third kappa shape index (κ3) is 3.89. The average molecular weight is 237 g/mol. The van der Waals surface area contributed by atoms with Crippen LogP contribution in [-0.2, 0) is 0 Å². The van der Waals surface area contributed by atoms with Crippen molar-refractivity contribution in [2.45, 2.75) is 40.2 Å². The molecule has 0 aliphatic carbocycles. The summed E-state index contributed by atoms with van der Waals surface area (Å²) in [6, 6.07) is 2.08. The zero-order chi connectivity index (χ0) is 13.1. The number of nitrogen functional groups attached to an aromatic ring is 1. The van der Waals surface area contributed by atoms with Gasteiger partial charge in [-0.1, -0.05) is 20.8 Å². The number of nitrogens with zero attached hydrogens (tertiary/aromatic N) is 1. The van der Waals surface area contributed by atoms with E-state index in [-0.39, 0.29) is 18.1 Å². The van der Waals surface area contributed by atoms with Gasteiger partial charge in [0.15, 0.2) is 0 Å². The summed E-state index contributed by atoms with van der Waals surface area (Å²) in [4.78, 5) is 4.30. The van der Waals surface area contributed by atoms with Crippen molar-refractivity contribution in [3.63, 3.8) is 0 Å². The zero-order valence-electron chi connectivity index (χ0n) is 11.1. The molecule has 0 bridgehead atoms. The molecular weight excluding hydrogens is 214 g/mol. The molecule has 0 aliphatic heterocycles. The van der Waals surface area contributed by atoms with E-state index in [1.807, 2.05) is 13.0 Å². The van der Waals surface area contributed by atoms with Gasteiger partial charge in [0.2, 0.25) is 0 Å². The molecule has 0 fully saturated rings. The number of nitrogens with two attached hydrogens (primary N) is 1. The number of aromatic nitrogens is 1. The first kappa shape index (κ1) is 13.8. The van der Waals surface area contributed by atoms with Crippen LogP contribution in [0.2, 0.25) is 0 Å². The molecule has 1 atom stereocenters. The van der Waals surface area contributed by atoms with Gasteiger partial charge in [-0.05, 0) is 30.4 Å². The van der Waals surface area contributed by atoms with Gasteiger partial charge in [-0.15, -0.1) is 0 Å². The van der Waals surface area contributed by atoms with Crippen molar-refractivity contribution in [3.05, 3.63) is 17.8 Å². The molecule has 1 aromatic heterocycles. The predicted octanol–water partition coefficient (Wildman–Crippen LogP) is 2.18. The molecule has 1 aromatic rings. The lowest BCUT2D eigenvalue weighted by atomic mass is 9.85. The number of hydrogen-bond donors (Lipinski definition) is 3.